The van der Waals surface area contributed by atoms with Gasteiger partial charge in [0.1, 0.15) is 10.7 Å². The Bertz CT molecular complexity index is 1540. The van der Waals surface area contributed by atoms with Crippen LogP contribution in [0.2, 0.25) is 15.1 Å². The van der Waals surface area contributed by atoms with E-state index in [2.05, 4.69) is 15.1 Å². The lowest BCUT2D eigenvalue weighted by atomic mass is 10.0. The summed E-state index contributed by atoms with van der Waals surface area (Å²) in [4.78, 5) is 35.7. The summed E-state index contributed by atoms with van der Waals surface area (Å²) in [5.74, 6) is -0.844. The van der Waals surface area contributed by atoms with Crippen LogP contribution >= 0.6 is 57.5 Å². The molecule has 228 valence electrons. The number of carboxylic acids is 1. The molecule has 6 rings (SSSR count). The second-order valence-electron chi connectivity index (χ2n) is 11.6. The number of hydrogen-bond donors (Lipinski definition) is 2. The number of carbonyl (C=O) groups excluding carboxylic acids is 1. The Hall–Kier alpha value is -2.14. The summed E-state index contributed by atoms with van der Waals surface area (Å²) >= 11 is 22.2. The molecule has 0 radical (unpaired) electrons. The maximum absolute atomic E-state index is 13.3. The topological polar surface area (TPSA) is 85.8 Å². The number of halogens is 3. The van der Waals surface area contributed by atoms with E-state index >= 15 is 0 Å². The number of hydrogen-bond acceptors (Lipinski definition) is 7. The van der Waals surface area contributed by atoms with Gasteiger partial charge in [0.05, 0.1) is 19.9 Å². The molecule has 3 aromatic rings. The number of carbonyl (C=O) groups is 2. The third-order valence-electron chi connectivity index (χ3n) is 8.84. The molecular weight excluding hydrogens is 647 g/mol. The third-order valence-corrected chi connectivity index (χ3v) is 11.8. The summed E-state index contributed by atoms with van der Waals surface area (Å²) in [5.41, 5.74) is 1.53. The van der Waals surface area contributed by atoms with Gasteiger partial charge in [-0.2, -0.15) is 0 Å². The molecule has 4 heterocycles. The van der Waals surface area contributed by atoms with Crippen molar-refractivity contribution in [2.24, 2.45) is 5.92 Å². The molecule has 2 atom stereocenters. The van der Waals surface area contributed by atoms with Crippen molar-refractivity contribution in [1.82, 2.24) is 9.88 Å². The van der Waals surface area contributed by atoms with Crippen molar-refractivity contribution in [3.63, 3.8) is 0 Å². The van der Waals surface area contributed by atoms with E-state index in [4.69, 9.17) is 39.8 Å². The Balaban J connectivity index is 1.24. The van der Waals surface area contributed by atoms with Gasteiger partial charge in [0.25, 0.3) is 5.91 Å². The maximum atomic E-state index is 13.3. The molecule has 0 spiro atoms. The van der Waals surface area contributed by atoms with E-state index in [1.165, 1.54) is 88.0 Å². The molecule has 2 aliphatic heterocycles. The summed E-state index contributed by atoms with van der Waals surface area (Å²) in [5, 5.41) is 16.6. The number of nitrogens with zero attached hydrogens (tertiary/aromatic N) is 3. The highest BCUT2D eigenvalue weighted by molar-refractivity contribution is 7.21. The molecule has 3 aliphatic rings. The molecule has 12 heteroatoms. The highest BCUT2D eigenvalue weighted by Crippen LogP contribution is 2.46. The molecule has 3 fully saturated rings. The van der Waals surface area contributed by atoms with Crippen LogP contribution in [0, 0.1) is 5.92 Å². The van der Waals surface area contributed by atoms with Crippen LogP contribution in [0.4, 0.5) is 10.1 Å². The Morgan fingerprint density at radius 2 is 1.77 bits per heavy atom. The van der Waals surface area contributed by atoms with Gasteiger partial charge in [0, 0.05) is 47.3 Å². The second kappa shape index (κ2) is 13.1. The molecule has 0 bridgehead atoms. The molecule has 2 unspecified atom stereocenters. The summed E-state index contributed by atoms with van der Waals surface area (Å²) in [6.07, 6.45) is 10.6. The fourth-order valence-electron chi connectivity index (χ4n) is 6.68. The minimum atomic E-state index is -1.07. The number of rotatable bonds is 7. The lowest BCUT2D eigenvalue weighted by molar-refractivity contribution is -0.132. The van der Waals surface area contributed by atoms with Crippen molar-refractivity contribution >= 4 is 85.6 Å². The Labute approximate surface area is 274 Å². The van der Waals surface area contributed by atoms with Crippen molar-refractivity contribution in [1.29, 1.82) is 0 Å². The summed E-state index contributed by atoms with van der Waals surface area (Å²) < 4.78 is 0. The number of benzene rings is 1. The van der Waals surface area contributed by atoms with Crippen molar-refractivity contribution in [2.45, 2.75) is 64.0 Å². The Morgan fingerprint density at radius 3 is 2.42 bits per heavy atom. The average molecular weight is 680 g/mol. The normalized spacial score (nSPS) is 21.7. The quantitative estimate of drug-likeness (QED) is 0.192. The van der Waals surface area contributed by atoms with Gasteiger partial charge < -0.3 is 10.0 Å². The van der Waals surface area contributed by atoms with Crippen LogP contribution in [0.3, 0.4) is 0 Å². The third kappa shape index (κ3) is 6.63. The maximum Gasteiger partial charge on any atom is 0.331 e. The first-order chi connectivity index (χ1) is 20.7. The number of thiazole rings is 1. The predicted octanol–water partition coefficient (Wildman–Crippen LogP) is 8.81. The number of nitrogens with one attached hydrogen (secondary N) is 1. The van der Waals surface area contributed by atoms with E-state index in [9.17, 15) is 14.7 Å². The first-order valence-electron chi connectivity index (χ1n) is 14.7. The van der Waals surface area contributed by atoms with Gasteiger partial charge in [-0.05, 0) is 62.9 Å². The zero-order chi connectivity index (χ0) is 30.2. The van der Waals surface area contributed by atoms with Gasteiger partial charge in [-0.25, -0.2) is 9.78 Å². The number of carboxylic acid groups (broad SMARTS) is 1. The van der Waals surface area contributed by atoms with Crippen LogP contribution in [0.25, 0.3) is 16.6 Å². The van der Waals surface area contributed by atoms with Crippen LogP contribution in [-0.2, 0) is 4.79 Å². The molecule has 2 aromatic heterocycles. The van der Waals surface area contributed by atoms with E-state index in [0.717, 1.165) is 28.7 Å². The SMILES string of the molecule is C/C(=C\c1c(Cl)cc(C(=O)Nc2nc(-c3cc(Cl)cs3)c(N3CC4CCN(C5CCCCCC5)C4C3)s2)cc1Cl)C(=O)O. The number of fused-ring (bicyclic) bond motifs is 1. The average Bonchev–Trinajstić information content (AvgIpc) is 3.72. The molecule has 1 aliphatic carbocycles. The van der Waals surface area contributed by atoms with E-state index in [1.807, 2.05) is 11.4 Å². The number of aliphatic carboxylic acids is 1. The molecule has 1 amide bonds. The number of likely N-dealkylation sites (tertiary alicyclic amines) is 1. The van der Waals surface area contributed by atoms with Crippen molar-refractivity contribution < 1.29 is 14.7 Å². The summed E-state index contributed by atoms with van der Waals surface area (Å²) in [6.45, 7) is 4.58. The first-order valence-corrected chi connectivity index (χ1v) is 17.5. The van der Waals surface area contributed by atoms with Crippen molar-refractivity contribution in [3.05, 3.63) is 55.3 Å². The lowest BCUT2D eigenvalue weighted by Gasteiger charge is -2.32. The summed E-state index contributed by atoms with van der Waals surface area (Å²) in [7, 11) is 0. The van der Waals surface area contributed by atoms with E-state index < -0.39 is 11.9 Å². The van der Waals surface area contributed by atoms with Crippen LogP contribution in [0.15, 0.2) is 29.2 Å². The van der Waals surface area contributed by atoms with Crippen LogP contribution in [-0.4, -0.2) is 58.6 Å². The van der Waals surface area contributed by atoms with Crippen LogP contribution < -0.4 is 10.2 Å². The minimum absolute atomic E-state index is 0.0842. The van der Waals surface area contributed by atoms with E-state index in [-0.39, 0.29) is 21.2 Å². The molecule has 2 N–H and O–H groups in total. The van der Waals surface area contributed by atoms with Crippen LogP contribution in [0.5, 0.6) is 0 Å². The lowest BCUT2D eigenvalue weighted by Crippen LogP contribution is -2.42. The fraction of sp³-hybridized carbons (Fsp3) is 0.452. The monoisotopic (exact) mass is 678 g/mol. The highest BCUT2D eigenvalue weighted by atomic mass is 35.5. The van der Waals surface area contributed by atoms with Gasteiger partial charge in [0.2, 0.25) is 0 Å². The predicted molar refractivity (Wildman–Crippen MR) is 178 cm³/mol. The number of thiophene rings is 1. The van der Waals surface area contributed by atoms with Gasteiger partial charge >= 0.3 is 5.97 Å². The van der Waals surface area contributed by atoms with Crippen LogP contribution in [0.1, 0.15) is 67.8 Å². The fourth-order valence-corrected chi connectivity index (χ4v) is 9.40. The minimum Gasteiger partial charge on any atom is -0.478 e. The Morgan fingerprint density at radius 1 is 1.05 bits per heavy atom. The zero-order valence-electron chi connectivity index (χ0n) is 23.7. The molecule has 2 saturated heterocycles. The second-order valence-corrected chi connectivity index (χ2v) is 14.8. The standard InChI is InChI=1S/C31H33Cl3N4O3S2/c1-17(30(40)41)10-22-23(33)11-19(12-24(22)34)28(39)36-31-35-27(26-13-20(32)16-42-26)29(43-31)37-14-18-8-9-38(25(18)15-37)21-6-4-2-3-5-7-21/h10-13,16,18,21,25H,2-9,14-15H2,1H3,(H,40,41)(H,35,36,39)/b17-10+. The number of aromatic nitrogens is 1. The summed E-state index contributed by atoms with van der Waals surface area (Å²) in [6, 6.07) is 6.14. The Kier molecular flexibility index (Phi) is 9.38. The van der Waals surface area contributed by atoms with E-state index in [0.29, 0.717) is 33.7 Å². The van der Waals surface area contributed by atoms with Gasteiger partial charge in [0.15, 0.2) is 5.13 Å². The highest BCUT2D eigenvalue weighted by Gasteiger charge is 2.44. The first kappa shape index (κ1) is 30.9. The van der Waals surface area contributed by atoms with E-state index in [1.54, 1.807) is 11.3 Å². The van der Waals surface area contributed by atoms with Crippen molar-refractivity contribution in [2.75, 3.05) is 29.9 Å². The number of amides is 1. The van der Waals surface area contributed by atoms with Gasteiger partial charge in [-0.3, -0.25) is 15.0 Å². The van der Waals surface area contributed by atoms with Crippen molar-refractivity contribution in [3.8, 4) is 10.6 Å². The molecule has 43 heavy (non-hydrogen) atoms. The largest absolute Gasteiger partial charge is 0.478 e. The van der Waals surface area contributed by atoms with Gasteiger partial charge in [-0.15, -0.1) is 11.3 Å². The molecular formula is C31H33Cl3N4O3S2. The molecule has 1 saturated carbocycles. The number of anilines is 2. The molecule has 1 aromatic carbocycles. The molecule has 7 nitrogen and oxygen atoms in total. The van der Waals surface area contributed by atoms with Gasteiger partial charge in [-0.1, -0.05) is 71.8 Å². The smallest absolute Gasteiger partial charge is 0.331 e. The zero-order valence-corrected chi connectivity index (χ0v) is 27.6.